The minimum atomic E-state index is -3.63. The molecule has 0 saturated heterocycles. The van der Waals surface area contributed by atoms with Crippen molar-refractivity contribution in [1.29, 1.82) is 0 Å². The van der Waals surface area contributed by atoms with Crippen molar-refractivity contribution in [3.8, 4) is 0 Å². The van der Waals surface area contributed by atoms with Crippen molar-refractivity contribution < 1.29 is 18.0 Å². The molecule has 6 nitrogen and oxygen atoms in total. The zero-order valence-electron chi connectivity index (χ0n) is 16.1. The van der Waals surface area contributed by atoms with Crippen LogP contribution in [0.5, 0.6) is 0 Å². The lowest BCUT2D eigenvalue weighted by Crippen LogP contribution is -2.16. The van der Waals surface area contributed by atoms with Crippen LogP contribution in [-0.2, 0) is 20.4 Å². The van der Waals surface area contributed by atoms with Gasteiger partial charge in [-0.25, -0.2) is 8.42 Å². The van der Waals surface area contributed by atoms with Gasteiger partial charge in [0.2, 0.25) is 5.91 Å². The van der Waals surface area contributed by atoms with E-state index in [9.17, 15) is 18.0 Å². The topological polar surface area (TPSA) is 92.3 Å². The number of nitrogens with one attached hydrogen (secondary N) is 2. The van der Waals surface area contributed by atoms with Crippen molar-refractivity contribution in [3.05, 3.63) is 88.9 Å². The van der Waals surface area contributed by atoms with Gasteiger partial charge in [0.15, 0.2) is 9.84 Å². The first-order chi connectivity index (χ1) is 14.2. The first-order valence-electron chi connectivity index (χ1n) is 9.00. The number of anilines is 2. The van der Waals surface area contributed by atoms with Crippen molar-refractivity contribution in [2.75, 3.05) is 10.6 Å². The van der Waals surface area contributed by atoms with E-state index in [1.165, 1.54) is 37.3 Å². The third-order valence-corrected chi connectivity index (χ3v) is 6.12. The number of hydrogen-bond donors (Lipinski definition) is 2. The van der Waals surface area contributed by atoms with Gasteiger partial charge in [-0.1, -0.05) is 48.0 Å². The number of carbonyl (C=O) groups is 2. The van der Waals surface area contributed by atoms with Gasteiger partial charge in [0.25, 0.3) is 5.91 Å². The summed E-state index contributed by atoms with van der Waals surface area (Å²) in [5.74, 6) is -0.998. The number of amides is 2. The van der Waals surface area contributed by atoms with Gasteiger partial charge in [-0.2, -0.15) is 0 Å². The molecule has 0 aliphatic rings. The maximum absolute atomic E-state index is 12.8. The van der Waals surface area contributed by atoms with Gasteiger partial charge in [-0.3, -0.25) is 9.59 Å². The van der Waals surface area contributed by atoms with Crippen molar-refractivity contribution in [3.63, 3.8) is 0 Å². The van der Waals surface area contributed by atoms with E-state index in [1.54, 1.807) is 36.4 Å². The van der Waals surface area contributed by atoms with Crippen molar-refractivity contribution in [2.45, 2.75) is 17.6 Å². The molecular formula is C22H19ClN2O4S. The molecule has 0 aliphatic heterocycles. The second-order valence-electron chi connectivity index (χ2n) is 6.60. The van der Waals surface area contributed by atoms with E-state index in [-0.39, 0.29) is 22.1 Å². The molecule has 0 spiro atoms. The van der Waals surface area contributed by atoms with E-state index in [1.807, 2.05) is 6.07 Å². The molecule has 3 aromatic carbocycles. The molecule has 0 atom stereocenters. The zero-order valence-corrected chi connectivity index (χ0v) is 17.6. The van der Waals surface area contributed by atoms with Crippen LogP contribution in [-0.4, -0.2) is 20.2 Å². The average Bonchev–Trinajstić information content (AvgIpc) is 2.70. The Balaban J connectivity index is 1.85. The van der Waals surface area contributed by atoms with Crippen LogP contribution in [0.1, 0.15) is 22.8 Å². The number of halogens is 1. The van der Waals surface area contributed by atoms with Crippen LogP contribution < -0.4 is 10.6 Å². The quantitative estimate of drug-likeness (QED) is 0.586. The van der Waals surface area contributed by atoms with Gasteiger partial charge in [0.05, 0.1) is 22.0 Å². The van der Waals surface area contributed by atoms with Gasteiger partial charge < -0.3 is 10.6 Å². The zero-order chi connectivity index (χ0) is 21.7. The Hall–Kier alpha value is -3.16. The predicted octanol–water partition coefficient (Wildman–Crippen LogP) is 4.52. The normalized spacial score (nSPS) is 11.0. The number of benzene rings is 3. The molecule has 0 unspecified atom stereocenters. The van der Waals surface area contributed by atoms with Gasteiger partial charge in [0, 0.05) is 17.5 Å². The fourth-order valence-electron chi connectivity index (χ4n) is 2.82. The van der Waals surface area contributed by atoms with E-state index in [0.29, 0.717) is 22.0 Å². The summed E-state index contributed by atoms with van der Waals surface area (Å²) in [6.07, 6.45) is 0. The van der Waals surface area contributed by atoms with Crippen LogP contribution >= 0.6 is 11.6 Å². The molecule has 2 amide bonds. The largest absolute Gasteiger partial charge is 0.325 e. The minimum absolute atomic E-state index is 0.0483. The number of sulfone groups is 1. The monoisotopic (exact) mass is 442 g/mol. The molecule has 8 heteroatoms. The molecule has 3 rings (SSSR count). The Morgan fingerprint density at radius 1 is 0.867 bits per heavy atom. The lowest BCUT2D eigenvalue weighted by molar-refractivity contribution is -0.114. The van der Waals surface area contributed by atoms with Gasteiger partial charge in [0.1, 0.15) is 0 Å². The summed E-state index contributed by atoms with van der Waals surface area (Å²) in [4.78, 5) is 24.2. The summed E-state index contributed by atoms with van der Waals surface area (Å²) in [6, 6.07) is 19.3. The lowest BCUT2D eigenvalue weighted by atomic mass is 10.2. The van der Waals surface area contributed by atoms with Crippen LogP contribution in [0.2, 0.25) is 5.02 Å². The van der Waals surface area contributed by atoms with Crippen LogP contribution in [0.4, 0.5) is 11.4 Å². The number of carbonyl (C=O) groups excluding carboxylic acids is 2. The molecule has 0 heterocycles. The summed E-state index contributed by atoms with van der Waals surface area (Å²) >= 11 is 6.00. The van der Waals surface area contributed by atoms with Gasteiger partial charge in [-0.05, 0) is 42.0 Å². The molecule has 0 saturated carbocycles. The number of hydrogen-bond acceptors (Lipinski definition) is 4. The molecule has 0 fully saturated rings. The fourth-order valence-corrected chi connectivity index (χ4v) is 4.38. The first-order valence-corrected chi connectivity index (χ1v) is 11.0. The van der Waals surface area contributed by atoms with Crippen molar-refractivity contribution in [1.82, 2.24) is 0 Å². The van der Waals surface area contributed by atoms with E-state index in [0.717, 1.165) is 0 Å². The van der Waals surface area contributed by atoms with E-state index in [4.69, 9.17) is 11.6 Å². The summed E-state index contributed by atoms with van der Waals surface area (Å²) in [6.45, 7) is 1.35. The van der Waals surface area contributed by atoms with Crippen LogP contribution in [0.3, 0.4) is 0 Å². The molecule has 0 aromatic heterocycles. The lowest BCUT2D eigenvalue weighted by Gasteiger charge is -2.12. The van der Waals surface area contributed by atoms with Crippen molar-refractivity contribution >= 4 is 44.6 Å². The Kier molecular flexibility index (Phi) is 6.54. The molecule has 30 heavy (non-hydrogen) atoms. The standard InChI is InChI=1S/C22H19ClN2O4S/c1-15(26)24-20-11-10-18(23)13-21(20)25-22(27)17-8-5-9-19(12-17)30(28,29)14-16-6-3-2-4-7-16/h2-13H,14H2,1H3,(H,24,26)(H,25,27). The second kappa shape index (κ2) is 9.11. The molecule has 0 aliphatic carbocycles. The summed E-state index contributed by atoms with van der Waals surface area (Å²) < 4.78 is 25.5. The Morgan fingerprint density at radius 2 is 1.60 bits per heavy atom. The Labute approximate surface area is 179 Å². The molecular weight excluding hydrogens is 424 g/mol. The highest BCUT2D eigenvalue weighted by Gasteiger charge is 2.18. The first kappa shape index (κ1) is 21.5. The van der Waals surface area contributed by atoms with E-state index >= 15 is 0 Å². The summed E-state index contributed by atoms with van der Waals surface area (Å²) in [7, 11) is -3.63. The van der Waals surface area contributed by atoms with Crippen LogP contribution in [0, 0.1) is 0 Å². The maximum atomic E-state index is 12.8. The highest BCUT2D eigenvalue weighted by atomic mass is 35.5. The van der Waals surface area contributed by atoms with Gasteiger partial charge in [-0.15, -0.1) is 0 Å². The molecule has 2 N–H and O–H groups in total. The summed E-state index contributed by atoms with van der Waals surface area (Å²) in [5.41, 5.74) is 1.51. The highest BCUT2D eigenvalue weighted by Crippen LogP contribution is 2.27. The number of rotatable bonds is 6. The van der Waals surface area contributed by atoms with Crippen LogP contribution in [0.25, 0.3) is 0 Å². The van der Waals surface area contributed by atoms with Crippen molar-refractivity contribution in [2.24, 2.45) is 0 Å². The maximum Gasteiger partial charge on any atom is 0.255 e. The SMILES string of the molecule is CC(=O)Nc1ccc(Cl)cc1NC(=O)c1cccc(S(=O)(=O)Cc2ccccc2)c1. The molecule has 0 radical (unpaired) electrons. The van der Waals surface area contributed by atoms with E-state index in [2.05, 4.69) is 10.6 Å². The Bertz CT molecular complexity index is 1190. The van der Waals surface area contributed by atoms with Crippen LogP contribution in [0.15, 0.2) is 77.7 Å². The third-order valence-electron chi connectivity index (χ3n) is 4.20. The molecule has 0 bridgehead atoms. The minimum Gasteiger partial charge on any atom is -0.325 e. The second-order valence-corrected chi connectivity index (χ2v) is 9.02. The average molecular weight is 443 g/mol. The third kappa shape index (κ3) is 5.46. The summed E-state index contributed by atoms with van der Waals surface area (Å²) in [5, 5.41) is 5.65. The molecule has 3 aromatic rings. The fraction of sp³-hybridized carbons (Fsp3) is 0.0909. The highest BCUT2D eigenvalue weighted by molar-refractivity contribution is 7.90. The Morgan fingerprint density at radius 3 is 2.30 bits per heavy atom. The predicted molar refractivity (Wildman–Crippen MR) is 117 cm³/mol. The van der Waals surface area contributed by atoms with Gasteiger partial charge >= 0.3 is 0 Å². The van der Waals surface area contributed by atoms with E-state index < -0.39 is 15.7 Å². The molecule has 154 valence electrons. The smallest absolute Gasteiger partial charge is 0.255 e.